The van der Waals surface area contributed by atoms with E-state index in [1.54, 1.807) is 0 Å². The van der Waals surface area contributed by atoms with E-state index in [1.165, 1.54) is 30.7 Å². The molecule has 2 N–H and O–H groups in total. The number of rotatable bonds is 3. The molecule has 0 amide bonds. The van der Waals surface area contributed by atoms with Crippen LogP contribution in [0.15, 0.2) is 48.5 Å². The molecule has 22 heavy (non-hydrogen) atoms. The average Bonchev–Trinajstić information content (AvgIpc) is 2.48. The fraction of sp³-hybridized carbons (Fsp3) is 0.222. The summed E-state index contributed by atoms with van der Waals surface area (Å²) in [6.07, 6.45) is 0. The van der Waals surface area contributed by atoms with Crippen LogP contribution in [0.4, 0.5) is 0 Å². The van der Waals surface area contributed by atoms with Gasteiger partial charge in [0.25, 0.3) is 0 Å². The highest BCUT2D eigenvalue weighted by Crippen LogP contribution is 2.13. The maximum Gasteiger partial charge on any atom is 0.335 e. The van der Waals surface area contributed by atoms with E-state index in [2.05, 4.69) is 38.1 Å². The Morgan fingerprint density at radius 2 is 1.27 bits per heavy atom. The Bertz CT molecular complexity index is 613. The monoisotopic (exact) mass is 300 g/mol. The van der Waals surface area contributed by atoms with E-state index in [0.29, 0.717) is 5.92 Å². The second-order valence-electron chi connectivity index (χ2n) is 5.15. The SMILES string of the molecule is CC(C)c1ccccc1.Cc1c(C(=O)O)cccc1C(=O)O. The van der Waals surface area contributed by atoms with Gasteiger partial charge in [-0.15, -0.1) is 0 Å². The smallest absolute Gasteiger partial charge is 0.335 e. The lowest BCUT2D eigenvalue weighted by Gasteiger charge is -2.03. The molecule has 0 heterocycles. The van der Waals surface area contributed by atoms with Crippen LogP contribution in [0, 0.1) is 6.92 Å². The Labute approximate surface area is 130 Å². The van der Waals surface area contributed by atoms with Crippen molar-refractivity contribution in [2.45, 2.75) is 26.7 Å². The third kappa shape index (κ3) is 4.74. The second kappa shape index (κ2) is 7.98. The van der Waals surface area contributed by atoms with Crippen LogP contribution in [0.2, 0.25) is 0 Å². The fourth-order valence-electron chi connectivity index (χ4n) is 1.94. The highest BCUT2D eigenvalue weighted by Gasteiger charge is 2.13. The molecule has 0 saturated heterocycles. The molecule has 0 bridgehead atoms. The summed E-state index contributed by atoms with van der Waals surface area (Å²) < 4.78 is 0. The zero-order valence-corrected chi connectivity index (χ0v) is 12.9. The zero-order valence-electron chi connectivity index (χ0n) is 12.9. The van der Waals surface area contributed by atoms with E-state index in [-0.39, 0.29) is 16.7 Å². The molecule has 0 aliphatic heterocycles. The van der Waals surface area contributed by atoms with Crippen molar-refractivity contribution in [2.75, 3.05) is 0 Å². The van der Waals surface area contributed by atoms with Crippen LogP contribution < -0.4 is 0 Å². The summed E-state index contributed by atoms with van der Waals surface area (Å²) in [6, 6.07) is 14.7. The molecule has 0 aromatic heterocycles. The minimum atomic E-state index is -1.11. The van der Waals surface area contributed by atoms with Crippen LogP contribution in [0.1, 0.15) is 51.6 Å². The average molecular weight is 300 g/mol. The highest BCUT2D eigenvalue weighted by molar-refractivity contribution is 5.96. The van der Waals surface area contributed by atoms with Gasteiger partial charge < -0.3 is 10.2 Å². The fourth-order valence-corrected chi connectivity index (χ4v) is 1.94. The van der Waals surface area contributed by atoms with Crippen LogP contribution in [0.25, 0.3) is 0 Å². The molecule has 4 heteroatoms. The summed E-state index contributed by atoms with van der Waals surface area (Å²) in [4.78, 5) is 21.2. The maximum atomic E-state index is 10.6. The molecule has 0 aliphatic rings. The number of carboxylic acids is 2. The van der Waals surface area contributed by atoms with Gasteiger partial charge in [-0.25, -0.2) is 9.59 Å². The highest BCUT2D eigenvalue weighted by atomic mass is 16.4. The number of hydrogen-bond acceptors (Lipinski definition) is 2. The molecule has 2 rings (SSSR count). The first kappa shape index (κ1) is 17.4. The van der Waals surface area contributed by atoms with Gasteiger partial charge in [0.05, 0.1) is 11.1 Å². The van der Waals surface area contributed by atoms with Crippen LogP contribution in [-0.2, 0) is 0 Å². The number of carbonyl (C=O) groups is 2. The van der Waals surface area contributed by atoms with E-state index < -0.39 is 11.9 Å². The largest absolute Gasteiger partial charge is 0.478 e. The van der Waals surface area contributed by atoms with Crippen LogP contribution in [0.5, 0.6) is 0 Å². The minimum Gasteiger partial charge on any atom is -0.478 e. The van der Waals surface area contributed by atoms with Crippen molar-refractivity contribution in [3.8, 4) is 0 Å². The van der Waals surface area contributed by atoms with Crippen LogP contribution in [0.3, 0.4) is 0 Å². The van der Waals surface area contributed by atoms with E-state index in [1.807, 2.05) is 6.07 Å². The summed E-state index contributed by atoms with van der Waals surface area (Å²) >= 11 is 0. The first-order valence-corrected chi connectivity index (χ1v) is 6.95. The van der Waals surface area contributed by atoms with Gasteiger partial charge in [-0.3, -0.25) is 0 Å². The Hall–Kier alpha value is -2.62. The van der Waals surface area contributed by atoms with Gasteiger partial charge in [-0.2, -0.15) is 0 Å². The van der Waals surface area contributed by atoms with E-state index in [9.17, 15) is 9.59 Å². The summed E-state index contributed by atoms with van der Waals surface area (Å²) in [5.41, 5.74) is 1.75. The Balaban J connectivity index is 0.000000235. The predicted molar refractivity (Wildman–Crippen MR) is 85.6 cm³/mol. The second-order valence-corrected chi connectivity index (χ2v) is 5.15. The lowest BCUT2D eigenvalue weighted by atomic mass is 10.0. The Kier molecular flexibility index (Phi) is 6.32. The molecule has 0 saturated carbocycles. The van der Waals surface area contributed by atoms with Gasteiger partial charge in [0.15, 0.2) is 0 Å². The van der Waals surface area contributed by atoms with Crippen LogP contribution >= 0.6 is 0 Å². The molecule has 0 unspecified atom stereocenters. The molecular weight excluding hydrogens is 280 g/mol. The lowest BCUT2D eigenvalue weighted by Crippen LogP contribution is -2.06. The van der Waals surface area contributed by atoms with E-state index in [4.69, 9.17) is 10.2 Å². The van der Waals surface area contributed by atoms with E-state index in [0.717, 1.165) is 0 Å². The quantitative estimate of drug-likeness (QED) is 0.890. The summed E-state index contributed by atoms with van der Waals surface area (Å²) in [6.45, 7) is 5.89. The molecule has 116 valence electrons. The van der Waals surface area contributed by atoms with Crippen molar-refractivity contribution in [1.29, 1.82) is 0 Å². The van der Waals surface area contributed by atoms with Crippen LogP contribution in [-0.4, -0.2) is 22.2 Å². The van der Waals surface area contributed by atoms with Crippen molar-refractivity contribution in [2.24, 2.45) is 0 Å². The first-order chi connectivity index (χ1) is 10.3. The van der Waals surface area contributed by atoms with Crippen molar-refractivity contribution in [1.82, 2.24) is 0 Å². The predicted octanol–water partition coefficient (Wildman–Crippen LogP) is 4.20. The standard InChI is InChI=1S/C9H8O4.C9H12/c1-5-6(8(10)11)3-2-4-7(5)9(12)13;1-8(2)9-6-4-3-5-7-9/h2-4H,1H3,(H,10,11)(H,12,13);3-8H,1-2H3. The van der Waals surface area contributed by atoms with Crippen molar-refractivity contribution < 1.29 is 19.8 Å². The molecule has 0 aliphatic carbocycles. The van der Waals surface area contributed by atoms with Gasteiger partial charge in [0.2, 0.25) is 0 Å². The molecule has 2 aromatic rings. The molecule has 0 atom stereocenters. The Morgan fingerprint density at radius 1 is 0.818 bits per heavy atom. The zero-order chi connectivity index (χ0) is 16.7. The molecule has 0 fully saturated rings. The van der Waals surface area contributed by atoms with Gasteiger partial charge >= 0.3 is 11.9 Å². The molecule has 0 radical (unpaired) electrons. The third-order valence-electron chi connectivity index (χ3n) is 3.26. The van der Waals surface area contributed by atoms with Gasteiger partial charge in [-0.05, 0) is 36.1 Å². The molecule has 4 nitrogen and oxygen atoms in total. The molecule has 2 aromatic carbocycles. The topological polar surface area (TPSA) is 74.6 Å². The van der Waals surface area contributed by atoms with E-state index >= 15 is 0 Å². The summed E-state index contributed by atoms with van der Waals surface area (Å²) in [5, 5.41) is 17.4. The molecular formula is C18H20O4. The van der Waals surface area contributed by atoms with Crippen molar-refractivity contribution in [3.05, 3.63) is 70.8 Å². The van der Waals surface area contributed by atoms with Gasteiger partial charge in [0.1, 0.15) is 0 Å². The number of benzene rings is 2. The number of carboxylic acid groups (broad SMARTS) is 2. The first-order valence-electron chi connectivity index (χ1n) is 6.95. The summed E-state index contributed by atoms with van der Waals surface area (Å²) in [5.74, 6) is -1.56. The number of aromatic carboxylic acids is 2. The van der Waals surface area contributed by atoms with Gasteiger partial charge in [-0.1, -0.05) is 50.2 Å². The third-order valence-corrected chi connectivity index (χ3v) is 3.26. The normalized spacial score (nSPS) is 9.82. The minimum absolute atomic E-state index is 0.0277. The van der Waals surface area contributed by atoms with Crippen molar-refractivity contribution >= 4 is 11.9 Å². The Morgan fingerprint density at radius 3 is 1.59 bits per heavy atom. The molecule has 0 spiro atoms. The van der Waals surface area contributed by atoms with Gasteiger partial charge in [0, 0.05) is 0 Å². The number of hydrogen-bond donors (Lipinski definition) is 2. The van der Waals surface area contributed by atoms with Crippen molar-refractivity contribution in [3.63, 3.8) is 0 Å². The maximum absolute atomic E-state index is 10.6. The lowest BCUT2D eigenvalue weighted by molar-refractivity contribution is 0.0696. The summed E-state index contributed by atoms with van der Waals surface area (Å²) in [7, 11) is 0.